The van der Waals surface area contributed by atoms with E-state index in [-0.39, 0.29) is 11.9 Å². The second-order valence-corrected chi connectivity index (χ2v) is 9.48. The van der Waals surface area contributed by atoms with Gasteiger partial charge in [-0.3, -0.25) is 4.79 Å². The van der Waals surface area contributed by atoms with Crippen LogP contribution in [-0.2, 0) is 4.74 Å². The Kier molecular flexibility index (Phi) is 6.96. The highest BCUT2D eigenvalue weighted by Crippen LogP contribution is 2.33. The fourth-order valence-electron chi connectivity index (χ4n) is 4.21. The first-order valence-corrected chi connectivity index (χ1v) is 11.7. The Morgan fingerprint density at radius 2 is 1.62 bits per heavy atom. The minimum Gasteiger partial charge on any atom is -0.443 e. The lowest BCUT2D eigenvalue weighted by atomic mass is 9.95. The molecule has 0 saturated carbocycles. The van der Waals surface area contributed by atoms with E-state index in [1.165, 1.54) is 4.90 Å². The van der Waals surface area contributed by atoms with Crippen LogP contribution in [0.2, 0.25) is 0 Å². The molecule has 4 rings (SSSR count). The Morgan fingerprint density at radius 3 is 2.24 bits per heavy atom. The number of para-hydroxylation sites is 1. The largest absolute Gasteiger partial charge is 0.443 e. The van der Waals surface area contributed by atoms with E-state index in [9.17, 15) is 9.59 Å². The van der Waals surface area contributed by atoms with Gasteiger partial charge in [0.2, 0.25) is 0 Å². The Bertz CT molecular complexity index is 1110. The second-order valence-electron chi connectivity index (χ2n) is 9.48. The van der Waals surface area contributed by atoms with Crippen LogP contribution in [0.3, 0.4) is 0 Å². The number of carbonyl (C=O) groups excluding carboxylic acids is 2. The first-order valence-electron chi connectivity index (χ1n) is 11.7. The van der Waals surface area contributed by atoms with Gasteiger partial charge >= 0.3 is 6.09 Å². The second kappa shape index (κ2) is 10.1. The van der Waals surface area contributed by atoms with Crippen molar-refractivity contribution in [3.63, 3.8) is 0 Å². The van der Waals surface area contributed by atoms with E-state index in [1.807, 2.05) is 98.5 Å². The van der Waals surface area contributed by atoms with Gasteiger partial charge in [0.05, 0.1) is 11.7 Å². The molecule has 1 aliphatic heterocycles. The number of likely N-dealkylation sites (tertiary alicyclic amines) is 1. The first kappa shape index (κ1) is 23.5. The molecule has 0 bridgehead atoms. The van der Waals surface area contributed by atoms with Crippen molar-refractivity contribution < 1.29 is 14.3 Å². The summed E-state index contributed by atoms with van der Waals surface area (Å²) in [5.41, 5.74) is 1.70. The lowest BCUT2D eigenvalue weighted by Crippen LogP contribution is -2.38. The van der Waals surface area contributed by atoms with Crippen LogP contribution in [0.1, 0.15) is 62.0 Å². The zero-order valence-corrected chi connectivity index (χ0v) is 20.0. The van der Waals surface area contributed by atoms with Gasteiger partial charge in [-0.1, -0.05) is 42.5 Å². The van der Waals surface area contributed by atoms with Crippen molar-refractivity contribution >= 4 is 23.5 Å². The van der Waals surface area contributed by atoms with Crippen molar-refractivity contribution in [3.8, 4) is 0 Å². The predicted octanol–water partition coefficient (Wildman–Crippen LogP) is 6.52. The molecule has 0 aliphatic carbocycles. The normalized spacial score (nSPS) is 16.1. The summed E-state index contributed by atoms with van der Waals surface area (Å²) in [6, 6.07) is 22.5. The van der Waals surface area contributed by atoms with E-state index in [0.29, 0.717) is 23.6 Å². The van der Waals surface area contributed by atoms with Crippen LogP contribution in [0, 0.1) is 0 Å². The number of piperidine rings is 1. The van der Waals surface area contributed by atoms with Crippen LogP contribution in [0.25, 0.3) is 0 Å². The molecule has 2 aromatic carbocycles. The van der Waals surface area contributed by atoms with Gasteiger partial charge < -0.3 is 9.64 Å². The number of hydrogen-bond acceptors (Lipinski definition) is 4. The van der Waals surface area contributed by atoms with E-state index in [2.05, 4.69) is 4.98 Å². The smallest absolute Gasteiger partial charge is 0.420 e. The van der Waals surface area contributed by atoms with Crippen molar-refractivity contribution in [1.82, 2.24) is 9.88 Å². The highest BCUT2D eigenvalue weighted by molar-refractivity contribution is 5.95. The third-order valence-electron chi connectivity index (χ3n) is 5.76. The van der Waals surface area contributed by atoms with Crippen molar-refractivity contribution in [2.75, 3.05) is 11.4 Å². The van der Waals surface area contributed by atoms with Gasteiger partial charge in [0.25, 0.3) is 5.91 Å². The van der Waals surface area contributed by atoms with Crippen LogP contribution in [0.15, 0.2) is 79.0 Å². The molecule has 1 fully saturated rings. The van der Waals surface area contributed by atoms with Crippen molar-refractivity contribution in [2.24, 2.45) is 0 Å². The highest BCUT2D eigenvalue weighted by atomic mass is 16.6. The van der Waals surface area contributed by atoms with Crippen LogP contribution in [0.5, 0.6) is 0 Å². The fourth-order valence-corrected chi connectivity index (χ4v) is 4.21. The molecule has 2 heterocycles. The Balaban J connectivity index is 1.62. The van der Waals surface area contributed by atoms with E-state index in [0.717, 1.165) is 24.8 Å². The van der Waals surface area contributed by atoms with Gasteiger partial charge in [-0.05, 0) is 75.9 Å². The van der Waals surface area contributed by atoms with Crippen LogP contribution in [-0.4, -0.2) is 34.0 Å². The number of aromatic nitrogens is 1. The maximum atomic E-state index is 13.2. The summed E-state index contributed by atoms with van der Waals surface area (Å²) in [5.74, 6) is 0.509. The summed E-state index contributed by atoms with van der Waals surface area (Å²) < 4.78 is 5.65. The lowest BCUT2D eigenvalue weighted by Gasteiger charge is -2.36. The molecule has 34 heavy (non-hydrogen) atoms. The standard InChI is InChI=1S/C28H31N3O3/c1-28(2,3)34-27(33)31(23-14-8-5-9-15-23)25-18-17-22(20-29-25)24-16-10-11-19-30(24)26(32)21-12-6-4-7-13-21/h4-9,12-15,17-18,20,24H,10-11,16,19H2,1-3H3. The summed E-state index contributed by atoms with van der Waals surface area (Å²) >= 11 is 0. The van der Waals surface area contributed by atoms with Gasteiger partial charge in [0, 0.05) is 18.3 Å². The molecule has 3 aromatic rings. The van der Waals surface area contributed by atoms with Crippen LogP contribution in [0.4, 0.5) is 16.3 Å². The summed E-state index contributed by atoms with van der Waals surface area (Å²) in [6.07, 6.45) is 4.21. The average molecular weight is 458 g/mol. The number of amides is 2. The Labute approximate surface area is 201 Å². The molecule has 0 N–H and O–H groups in total. The molecule has 0 radical (unpaired) electrons. The molecule has 1 aromatic heterocycles. The van der Waals surface area contributed by atoms with Crippen LogP contribution < -0.4 is 4.90 Å². The number of ether oxygens (including phenoxy) is 1. The lowest BCUT2D eigenvalue weighted by molar-refractivity contribution is 0.0595. The SMILES string of the molecule is CC(C)(C)OC(=O)N(c1ccccc1)c1ccc(C2CCCCN2C(=O)c2ccccc2)cn1. The van der Waals surface area contributed by atoms with Gasteiger partial charge in [-0.2, -0.15) is 0 Å². The number of nitrogens with zero attached hydrogens (tertiary/aromatic N) is 3. The van der Waals surface area contributed by atoms with Gasteiger partial charge in [-0.15, -0.1) is 0 Å². The number of rotatable bonds is 4. The predicted molar refractivity (Wildman–Crippen MR) is 133 cm³/mol. The molecule has 6 nitrogen and oxygen atoms in total. The van der Waals surface area contributed by atoms with Crippen molar-refractivity contribution in [2.45, 2.75) is 51.7 Å². The van der Waals surface area contributed by atoms with Crippen LogP contribution >= 0.6 is 0 Å². The summed E-state index contributed by atoms with van der Waals surface area (Å²) in [6.45, 7) is 6.23. The van der Waals surface area contributed by atoms with Crippen molar-refractivity contribution in [1.29, 1.82) is 0 Å². The van der Waals surface area contributed by atoms with E-state index in [1.54, 1.807) is 6.20 Å². The molecule has 1 unspecified atom stereocenters. The topological polar surface area (TPSA) is 62.7 Å². The molecule has 1 aliphatic rings. The molecule has 2 amide bonds. The minimum absolute atomic E-state index is 0.0362. The number of hydrogen-bond donors (Lipinski definition) is 0. The maximum absolute atomic E-state index is 13.2. The van der Waals surface area contributed by atoms with Gasteiger partial charge in [0.15, 0.2) is 0 Å². The summed E-state index contributed by atoms with van der Waals surface area (Å²) in [5, 5.41) is 0. The van der Waals surface area contributed by atoms with E-state index >= 15 is 0 Å². The van der Waals surface area contributed by atoms with E-state index in [4.69, 9.17) is 4.74 Å². The third kappa shape index (κ3) is 5.45. The maximum Gasteiger partial charge on any atom is 0.420 e. The molecular formula is C28H31N3O3. The van der Waals surface area contributed by atoms with Gasteiger partial charge in [-0.25, -0.2) is 14.7 Å². The number of anilines is 2. The zero-order valence-electron chi connectivity index (χ0n) is 20.0. The number of benzene rings is 2. The van der Waals surface area contributed by atoms with Gasteiger partial charge in [0.1, 0.15) is 11.4 Å². The quantitative estimate of drug-likeness (QED) is 0.447. The number of pyridine rings is 1. The molecule has 1 saturated heterocycles. The van der Waals surface area contributed by atoms with Crippen molar-refractivity contribution in [3.05, 3.63) is 90.1 Å². The summed E-state index contributed by atoms with van der Waals surface area (Å²) in [7, 11) is 0. The molecule has 0 spiro atoms. The first-order chi connectivity index (χ1) is 16.3. The molecule has 176 valence electrons. The average Bonchev–Trinajstić information content (AvgIpc) is 2.84. The molecule has 1 atom stereocenters. The summed E-state index contributed by atoms with van der Waals surface area (Å²) in [4.78, 5) is 34.3. The molecule has 6 heteroatoms. The minimum atomic E-state index is -0.634. The van der Waals surface area contributed by atoms with E-state index < -0.39 is 11.7 Å². The third-order valence-corrected chi connectivity index (χ3v) is 5.76. The Hall–Kier alpha value is -3.67. The monoisotopic (exact) mass is 457 g/mol. The highest BCUT2D eigenvalue weighted by Gasteiger charge is 2.30. The fraction of sp³-hybridized carbons (Fsp3) is 0.321. The molecular weight excluding hydrogens is 426 g/mol. The Morgan fingerprint density at radius 1 is 0.941 bits per heavy atom. The zero-order chi connectivity index (χ0) is 24.1. The number of carbonyl (C=O) groups is 2.